The van der Waals surface area contributed by atoms with Gasteiger partial charge in [-0.3, -0.25) is 9.59 Å². The van der Waals surface area contributed by atoms with Crippen LogP contribution in [0.1, 0.15) is 49.0 Å². The lowest BCUT2D eigenvalue weighted by molar-refractivity contribution is -0.123. The molecule has 2 aliphatic rings. The third-order valence-electron chi connectivity index (χ3n) is 6.40. The zero-order chi connectivity index (χ0) is 22.5. The minimum absolute atomic E-state index is 0.279. The zero-order valence-electron chi connectivity index (χ0n) is 18.4. The van der Waals surface area contributed by atoms with Gasteiger partial charge in [0, 0.05) is 10.9 Å². The minimum Gasteiger partial charge on any atom is -0.497 e. The van der Waals surface area contributed by atoms with Gasteiger partial charge in [-0.05, 0) is 74.9 Å². The summed E-state index contributed by atoms with van der Waals surface area (Å²) in [4.78, 5) is 29.1. The van der Waals surface area contributed by atoms with Gasteiger partial charge in [-0.2, -0.15) is 5.26 Å². The van der Waals surface area contributed by atoms with Gasteiger partial charge in [0.25, 0.3) is 5.91 Å². The Kier molecular flexibility index (Phi) is 6.96. The second-order valence-corrected chi connectivity index (χ2v) is 8.98. The maximum absolute atomic E-state index is 13.0. The van der Waals surface area contributed by atoms with Crippen LogP contribution in [-0.2, 0) is 4.79 Å². The lowest BCUT2D eigenvalue weighted by Crippen LogP contribution is -2.50. The summed E-state index contributed by atoms with van der Waals surface area (Å²) < 4.78 is 5.24. The van der Waals surface area contributed by atoms with Crippen LogP contribution in [0.3, 0.4) is 0 Å². The number of carbonyl (C=O) groups is 2. The highest BCUT2D eigenvalue weighted by atomic mass is 16.5. The van der Waals surface area contributed by atoms with Crippen molar-refractivity contribution in [3.8, 4) is 11.8 Å². The van der Waals surface area contributed by atoms with Crippen molar-refractivity contribution >= 4 is 22.7 Å². The molecule has 1 saturated heterocycles. The molecule has 4 N–H and O–H groups in total. The van der Waals surface area contributed by atoms with Crippen LogP contribution in [0.4, 0.5) is 0 Å². The number of benzene rings is 1. The summed E-state index contributed by atoms with van der Waals surface area (Å²) in [5.41, 5.74) is 1.22. The molecular weight excluding hydrogens is 406 g/mol. The summed E-state index contributed by atoms with van der Waals surface area (Å²) in [7, 11) is 1.60. The maximum Gasteiger partial charge on any atom is 0.268 e. The van der Waals surface area contributed by atoms with Crippen LogP contribution in [0.25, 0.3) is 10.9 Å². The minimum atomic E-state index is -0.656. The number of fused-ring (bicyclic) bond motifs is 1. The van der Waals surface area contributed by atoms with E-state index in [0.29, 0.717) is 36.1 Å². The summed E-state index contributed by atoms with van der Waals surface area (Å²) in [6.07, 6.45) is 5.52. The number of hydrogen-bond donors (Lipinski definition) is 4. The highest BCUT2D eigenvalue weighted by Gasteiger charge is 2.32. The van der Waals surface area contributed by atoms with Gasteiger partial charge < -0.3 is 25.7 Å². The maximum atomic E-state index is 13.0. The third-order valence-corrected chi connectivity index (χ3v) is 6.40. The van der Waals surface area contributed by atoms with Crippen LogP contribution >= 0.6 is 0 Å². The van der Waals surface area contributed by atoms with Crippen molar-refractivity contribution in [2.75, 3.05) is 20.2 Å². The number of aromatic amines is 1. The molecular formula is C24H31N5O3. The molecule has 170 valence electrons. The van der Waals surface area contributed by atoms with Gasteiger partial charge in [0.15, 0.2) is 0 Å². The van der Waals surface area contributed by atoms with Gasteiger partial charge in [-0.15, -0.1) is 0 Å². The topological polar surface area (TPSA) is 119 Å². The van der Waals surface area contributed by atoms with Gasteiger partial charge in [0.2, 0.25) is 5.91 Å². The first kappa shape index (κ1) is 22.2. The fourth-order valence-electron chi connectivity index (χ4n) is 4.39. The number of hydrogen-bond acceptors (Lipinski definition) is 5. The summed E-state index contributed by atoms with van der Waals surface area (Å²) in [5.74, 6) is 0.934. The van der Waals surface area contributed by atoms with Crippen molar-refractivity contribution in [1.82, 2.24) is 20.9 Å². The quantitative estimate of drug-likeness (QED) is 0.481. The van der Waals surface area contributed by atoms with Crippen LogP contribution in [0.2, 0.25) is 0 Å². The molecule has 8 heteroatoms. The smallest absolute Gasteiger partial charge is 0.268 e. The van der Waals surface area contributed by atoms with Crippen LogP contribution < -0.4 is 20.7 Å². The molecule has 32 heavy (non-hydrogen) atoms. The van der Waals surface area contributed by atoms with Gasteiger partial charge in [0.05, 0.1) is 13.2 Å². The molecule has 0 bridgehead atoms. The lowest BCUT2D eigenvalue weighted by Gasteiger charge is -2.26. The Morgan fingerprint density at radius 1 is 1.19 bits per heavy atom. The first-order valence-corrected chi connectivity index (χ1v) is 11.4. The molecule has 1 aromatic carbocycles. The number of nitrogens with zero attached hydrogens (tertiary/aromatic N) is 1. The molecule has 1 saturated carbocycles. The summed E-state index contributed by atoms with van der Waals surface area (Å²) >= 11 is 0. The molecule has 1 aliphatic carbocycles. The van der Waals surface area contributed by atoms with E-state index in [1.54, 1.807) is 13.2 Å². The van der Waals surface area contributed by atoms with Crippen molar-refractivity contribution in [2.45, 2.75) is 50.6 Å². The van der Waals surface area contributed by atoms with E-state index < -0.39 is 12.1 Å². The van der Waals surface area contributed by atoms with E-state index in [4.69, 9.17) is 4.74 Å². The van der Waals surface area contributed by atoms with Crippen LogP contribution in [0.15, 0.2) is 24.3 Å². The van der Waals surface area contributed by atoms with Gasteiger partial charge in [-0.25, -0.2) is 0 Å². The monoisotopic (exact) mass is 437 g/mol. The summed E-state index contributed by atoms with van der Waals surface area (Å²) in [5, 5.41) is 19.6. The highest BCUT2D eigenvalue weighted by Crippen LogP contribution is 2.33. The van der Waals surface area contributed by atoms with E-state index in [1.165, 1.54) is 0 Å². The fourth-order valence-corrected chi connectivity index (χ4v) is 4.39. The van der Waals surface area contributed by atoms with Crippen LogP contribution in [-0.4, -0.2) is 49.1 Å². The number of piperidine rings is 1. The van der Waals surface area contributed by atoms with Gasteiger partial charge in [0.1, 0.15) is 23.5 Å². The molecule has 0 radical (unpaired) electrons. The van der Waals surface area contributed by atoms with Gasteiger partial charge >= 0.3 is 0 Å². The summed E-state index contributed by atoms with van der Waals surface area (Å²) in [6.45, 7) is 1.89. The molecule has 2 amide bonds. The average molecular weight is 438 g/mol. The Labute approximate surface area is 188 Å². The van der Waals surface area contributed by atoms with Crippen LogP contribution in [0, 0.1) is 23.2 Å². The number of carbonyl (C=O) groups excluding carboxylic acids is 2. The molecule has 3 atom stereocenters. The number of methoxy groups -OCH3 is 1. The SMILES string of the molecule is COc1ccc2[nH]c(C(=O)N[C@@H](CC3CC3)C(=O)N[C@H](C#N)C[C@@H]3CCCNC3)cc2c1. The van der Waals surface area contributed by atoms with Crippen molar-refractivity contribution in [2.24, 2.45) is 11.8 Å². The Morgan fingerprint density at radius 2 is 2.03 bits per heavy atom. The Bertz CT molecular complexity index is 1000. The molecule has 4 rings (SSSR count). The first-order chi connectivity index (χ1) is 15.6. The van der Waals surface area contributed by atoms with E-state index in [2.05, 4.69) is 27.0 Å². The number of amides is 2. The molecule has 2 aromatic rings. The highest BCUT2D eigenvalue weighted by molar-refractivity contribution is 6.00. The Morgan fingerprint density at radius 3 is 2.72 bits per heavy atom. The lowest BCUT2D eigenvalue weighted by atomic mass is 9.92. The Balaban J connectivity index is 1.41. The van der Waals surface area contributed by atoms with E-state index in [0.717, 1.165) is 49.7 Å². The van der Waals surface area contributed by atoms with Crippen molar-refractivity contribution in [3.05, 3.63) is 30.0 Å². The standard InChI is InChI=1S/C24H31N5O3/c1-32-19-6-7-20-17(11-19)12-22(28-20)24(31)29-21(10-15-4-5-15)23(30)27-18(13-25)9-16-3-2-8-26-14-16/h6-7,11-12,15-16,18,21,26,28H,2-5,8-10,14H2,1H3,(H,27,30)(H,29,31)/t16-,18-,21-/m0/s1. The number of rotatable bonds is 9. The Hall–Kier alpha value is -3.05. The molecule has 0 spiro atoms. The van der Waals surface area contributed by atoms with Crippen molar-refractivity contribution in [1.29, 1.82) is 5.26 Å². The van der Waals surface area contributed by atoms with E-state index in [-0.39, 0.29) is 11.8 Å². The predicted molar refractivity (Wildman–Crippen MR) is 121 cm³/mol. The van der Waals surface area contributed by atoms with Crippen molar-refractivity contribution in [3.63, 3.8) is 0 Å². The molecule has 2 fully saturated rings. The molecule has 1 aromatic heterocycles. The summed E-state index contributed by atoms with van der Waals surface area (Å²) in [6, 6.07) is 8.32. The first-order valence-electron chi connectivity index (χ1n) is 11.4. The van der Waals surface area contributed by atoms with Crippen molar-refractivity contribution < 1.29 is 14.3 Å². The molecule has 0 unspecified atom stereocenters. The molecule has 2 heterocycles. The van der Waals surface area contributed by atoms with Gasteiger partial charge in [-0.1, -0.05) is 12.8 Å². The molecule has 8 nitrogen and oxygen atoms in total. The number of aromatic nitrogens is 1. The zero-order valence-corrected chi connectivity index (χ0v) is 18.4. The number of nitrogens with one attached hydrogen (secondary N) is 4. The van der Waals surface area contributed by atoms with Crippen LogP contribution in [0.5, 0.6) is 5.75 Å². The fraction of sp³-hybridized carbons (Fsp3) is 0.542. The van der Waals surface area contributed by atoms with E-state index >= 15 is 0 Å². The second-order valence-electron chi connectivity index (χ2n) is 8.98. The number of H-pyrrole nitrogens is 1. The number of nitriles is 1. The second kappa shape index (κ2) is 10.0. The normalized spacial score (nSPS) is 20.2. The number of ether oxygens (including phenoxy) is 1. The third kappa shape index (κ3) is 5.60. The average Bonchev–Trinajstić information content (AvgIpc) is 3.53. The predicted octanol–water partition coefficient (Wildman–Crippen LogP) is 2.47. The molecule has 1 aliphatic heterocycles. The van der Waals surface area contributed by atoms with E-state index in [1.807, 2.05) is 18.2 Å². The van der Waals surface area contributed by atoms with E-state index in [9.17, 15) is 14.9 Å². The largest absolute Gasteiger partial charge is 0.497 e.